The van der Waals surface area contributed by atoms with Crippen LogP contribution in [0, 0.1) is 19.3 Å². The third kappa shape index (κ3) is 1.87. The molecule has 0 fully saturated rings. The van der Waals surface area contributed by atoms with E-state index in [1.165, 1.54) is 10.9 Å². The van der Waals surface area contributed by atoms with E-state index >= 15 is 0 Å². The Morgan fingerprint density at radius 3 is 2.50 bits per heavy atom. The summed E-state index contributed by atoms with van der Waals surface area (Å²) in [6, 6.07) is 12.2. The smallest absolute Gasteiger partial charge is 0.156 e. The van der Waals surface area contributed by atoms with Crippen molar-refractivity contribution >= 4 is 10.8 Å². The Hall–Kier alpha value is -1.94. The molecule has 0 unspecified atom stereocenters. The number of benzene rings is 2. The molecule has 0 heterocycles. The highest BCUT2D eigenvalue weighted by atomic mass is 16.5. The van der Waals surface area contributed by atoms with Crippen molar-refractivity contribution in [1.82, 2.24) is 0 Å². The number of ether oxygens (including phenoxy) is 1. The van der Waals surface area contributed by atoms with E-state index in [1.54, 1.807) is 0 Å². The highest BCUT2D eigenvalue weighted by molar-refractivity contribution is 5.90. The third-order valence-electron chi connectivity index (χ3n) is 2.64. The van der Waals surface area contributed by atoms with Crippen molar-refractivity contribution in [2.24, 2.45) is 0 Å². The first kappa shape index (κ1) is 10.6. The van der Waals surface area contributed by atoms with Gasteiger partial charge in [-0.25, -0.2) is 0 Å². The van der Waals surface area contributed by atoms with Crippen molar-refractivity contribution < 1.29 is 4.74 Å². The summed E-state index contributed by atoms with van der Waals surface area (Å²) < 4.78 is 5.70. The van der Waals surface area contributed by atoms with E-state index in [-0.39, 0.29) is 6.10 Å². The Balaban J connectivity index is 2.55. The van der Waals surface area contributed by atoms with Gasteiger partial charge in [-0.2, -0.15) is 0 Å². The Bertz CT molecular complexity index is 549. The average Bonchev–Trinajstić information content (AvgIpc) is 2.33. The van der Waals surface area contributed by atoms with E-state index < -0.39 is 0 Å². The van der Waals surface area contributed by atoms with Crippen LogP contribution in [0.15, 0.2) is 36.4 Å². The van der Waals surface area contributed by atoms with Gasteiger partial charge in [0.25, 0.3) is 0 Å². The lowest BCUT2D eigenvalue weighted by Crippen LogP contribution is -2.08. The molecule has 16 heavy (non-hydrogen) atoms. The molecular weight excluding hydrogens is 196 g/mol. The highest BCUT2D eigenvalue weighted by Crippen LogP contribution is 2.28. The zero-order valence-electron chi connectivity index (χ0n) is 9.53. The lowest BCUT2D eigenvalue weighted by Gasteiger charge is -2.12. The minimum atomic E-state index is -0.203. The maximum absolute atomic E-state index is 5.70. The molecule has 0 saturated carbocycles. The van der Waals surface area contributed by atoms with Crippen LogP contribution in [0.4, 0.5) is 0 Å². The van der Waals surface area contributed by atoms with E-state index in [1.807, 2.05) is 25.1 Å². The predicted molar refractivity (Wildman–Crippen MR) is 67.6 cm³/mol. The summed E-state index contributed by atoms with van der Waals surface area (Å²) in [6.45, 7) is 3.96. The molecule has 0 radical (unpaired) electrons. The summed E-state index contributed by atoms with van der Waals surface area (Å²) in [4.78, 5) is 0. The Kier molecular flexibility index (Phi) is 2.83. The fourth-order valence-corrected chi connectivity index (χ4v) is 1.75. The van der Waals surface area contributed by atoms with Crippen molar-refractivity contribution in [1.29, 1.82) is 0 Å². The maximum atomic E-state index is 5.70. The van der Waals surface area contributed by atoms with Gasteiger partial charge in [-0.15, -0.1) is 6.42 Å². The summed E-state index contributed by atoms with van der Waals surface area (Å²) >= 11 is 0. The van der Waals surface area contributed by atoms with Crippen LogP contribution < -0.4 is 4.74 Å². The van der Waals surface area contributed by atoms with Crippen LogP contribution in [0.25, 0.3) is 10.8 Å². The van der Waals surface area contributed by atoms with Crippen LogP contribution in [-0.4, -0.2) is 6.10 Å². The van der Waals surface area contributed by atoms with Crippen molar-refractivity contribution in [3.05, 3.63) is 42.0 Å². The normalized spacial score (nSPS) is 12.1. The molecule has 1 atom stereocenters. The van der Waals surface area contributed by atoms with Gasteiger partial charge >= 0.3 is 0 Å². The number of hydrogen-bond donors (Lipinski definition) is 0. The number of hydrogen-bond acceptors (Lipinski definition) is 1. The molecule has 0 saturated heterocycles. The van der Waals surface area contributed by atoms with Crippen LogP contribution >= 0.6 is 0 Å². The molecule has 0 spiro atoms. The predicted octanol–water partition coefficient (Wildman–Crippen LogP) is 3.55. The molecule has 0 aliphatic carbocycles. The van der Waals surface area contributed by atoms with Crippen LogP contribution in [0.3, 0.4) is 0 Å². The first-order valence-electron chi connectivity index (χ1n) is 5.33. The van der Waals surface area contributed by atoms with Crippen LogP contribution in [0.1, 0.15) is 12.5 Å². The molecule has 1 heteroatoms. The summed E-state index contributed by atoms with van der Waals surface area (Å²) in [5.41, 5.74) is 1.25. The van der Waals surface area contributed by atoms with Gasteiger partial charge in [-0.3, -0.25) is 0 Å². The Morgan fingerprint density at radius 1 is 1.12 bits per heavy atom. The number of aryl methyl sites for hydroxylation is 1. The van der Waals surface area contributed by atoms with E-state index in [4.69, 9.17) is 11.2 Å². The largest absolute Gasteiger partial charge is 0.477 e. The van der Waals surface area contributed by atoms with Crippen molar-refractivity contribution in [3.8, 4) is 18.1 Å². The fraction of sp³-hybridized carbons (Fsp3) is 0.200. The minimum Gasteiger partial charge on any atom is -0.477 e. The second-order valence-electron chi connectivity index (χ2n) is 3.85. The fourth-order valence-electron chi connectivity index (χ4n) is 1.75. The van der Waals surface area contributed by atoms with Gasteiger partial charge in [0, 0.05) is 5.39 Å². The lowest BCUT2D eigenvalue weighted by molar-refractivity contribution is 0.282. The summed E-state index contributed by atoms with van der Waals surface area (Å²) in [7, 11) is 0. The topological polar surface area (TPSA) is 9.23 Å². The lowest BCUT2D eigenvalue weighted by atomic mass is 10.0. The molecule has 0 N–H and O–H groups in total. The monoisotopic (exact) mass is 210 g/mol. The highest BCUT2D eigenvalue weighted by Gasteiger charge is 2.06. The van der Waals surface area contributed by atoms with Gasteiger partial charge in [-0.05, 0) is 30.9 Å². The zero-order valence-corrected chi connectivity index (χ0v) is 9.53. The van der Waals surface area contributed by atoms with E-state index in [2.05, 4.69) is 31.0 Å². The number of terminal acetylenes is 1. The van der Waals surface area contributed by atoms with Gasteiger partial charge < -0.3 is 4.74 Å². The van der Waals surface area contributed by atoms with E-state index in [0.717, 1.165) is 11.1 Å². The van der Waals surface area contributed by atoms with Crippen LogP contribution in [0.5, 0.6) is 5.75 Å². The molecule has 80 valence electrons. The van der Waals surface area contributed by atoms with E-state index in [0.29, 0.717) is 0 Å². The standard InChI is InChI=1S/C15H14O/c1-4-12(3)16-15-10-9-11(2)13-7-5-6-8-14(13)15/h1,5-10,12H,2-3H3/t12-/m0/s1. The van der Waals surface area contributed by atoms with E-state index in [9.17, 15) is 0 Å². The minimum absolute atomic E-state index is 0.203. The average molecular weight is 210 g/mol. The first-order chi connectivity index (χ1) is 7.72. The second-order valence-corrected chi connectivity index (χ2v) is 3.85. The van der Waals surface area contributed by atoms with Crippen molar-refractivity contribution in [3.63, 3.8) is 0 Å². The van der Waals surface area contributed by atoms with Gasteiger partial charge in [0.05, 0.1) is 0 Å². The third-order valence-corrected chi connectivity index (χ3v) is 2.64. The molecule has 0 aliphatic rings. The SMILES string of the molecule is C#C[C@H](C)Oc1ccc(C)c2ccccc12. The van der Waals surface area contributed by atoms with Crippen LogP contribution in [0.2, 0.25) is 0 Å². The molecule has 1 nitrogen and oxygen atoms in total. The van der Waals surface area contributed by atoms with Gasteiger partial charge in [0.1, 0.15) is 5.75 Å². The molecule has 2 aromatic rings. The molecule has 0 aliphatic heterocycles. The van der Waals surface area contributed by atoms with Crippen LogP contribution in [-0.2, 0) is 0 Å². The van der Waals surface area contributed by atoms with Gasteiger partial charge in [0.15, 0.2) is 6.10 Å². The summed E-state index contributed by atoms with van der Waals surface area (Å²) in [6.07, 6.45) is 5.12. The second kappa shape index (κ2) is 4.28. The molecule has 2 rings (SSSR count). The molecular formula is C15H14O. The summed E-state index contributed by atoms with van der Waals surface area (Å²) in [5.74, 6) is 3.42. The first-order valence-corrected chi connectivity index (χ1v) is 5.33. The molecule has 2 aromatic carbocycles. The van der Waals surface area contributed by atoms with Gasteiger partial charge in [0.2, 0.25) is 0 Å². The molecule has 0 aromatic heterocycles. The van der Waals surface area contributed by atoms with Crippen molar-refractivity contribution in [2.45, 2.75) is 20.0 Å². The quantitative estimate of drug-likeness (QED) is 0.689. The Morgan fingerprint density at radius 2 is 1.81 bits per heavy atom. The van der Waals surface area contributed by atoms with Gasteiger partial charge in [-0.1, -0.05) is 36.3 Å². The Labute approximate surface area is 96.1 Å². The summed E-state index contributed by atoms with van der Waals surface area (Å²) in [5, 5.41) is 2.33. The zero-order chi connectivity index (χ0) is 11.5. The number of rotatable bonds is 2. The number of fused-ring (bicyclic) bond motifs is 1. The molecule has 0 bridgehead atoms. The van der Waals surface area contributed by atoms with Crippen molar-refractivity contribution in [2.75, 3.05) is 0 Å². The molecule has 0 amide bonds. The maximum Gasteiger partial charge on any atom is 0.156 e.